The van der Waals surface area contributed by atoms with Crippen molar-refractivity contribution >= 4 is 11.4 Å². The number of allylic oxidation sites excluding steroid dienone is 2. The van der Waals surface area contributed by atoms with Crippen LogP contribution in [-0.2, 0) is 6.54 Å². The summed E-state index contributed by atoms with van der Waals surface area (Å²) in [4.78, 5) is 2.06. The number of benzene rings is 3. The summed E-state index contributed by atoms with van der Waals surface area (Å²) in [7, 11) is 1.97. The van der Waals surface area contributed by atoms with E-state index in [0.29, 0.717) is 41.9 Å². The van der Waals surface area contributed by atoms with Crippen LogP contribution in [0.2, 0.25) is 0 Å². The van der Waals surface area contributed by atoms with Crippen molar-refractivity contribution in [1.82, 2.24) is 20.5 Å². The Labute approximate surface area is 234 Å². The number of para-hydroxylation sites is 2. The van der Waals surface area contributed by atoms with E-state index in [1.54, 1.807) is 0 Å². The lowest BCUT2D eigenvalue weighted by molar-refractivity contribution is 0.252. The Balaban J connectivity index is 1.40. The molecule has 1 atom stereocenters. The minimum Gasteiger partial charge on any atom is -0.507 e. The highest BCUT2D eigenvalue weighted by molar-refractivity contribution is 5.90. The van der Waals surface area contributed by atoms with Gasteiger partial charge in [0.05, 0.1) is 13.2 Å². The molecule has 2 aliphatic rings. The third kappa shape index (κ3) is 5.59. The Morgan fingerprint density at radius 2 is 1.50 bits per heavy atom. The van der Waals surface area contributed by atoms with Gasteiger partial charge in [0.2, 0.25) is 0 Å². The third-order valence-corrected chi connectivity index (χ3v) is 7.20. The molecular formula is C31H36N6O3. The van der Waals surface area contributed by atoms with Gasteiger partial charge in [-0.2, -0.15) is 5.10 Å². The second kappa shape index (κ2) is 12.4. The molecule has 3 aromatic rings. The quantitative estimate of drug-likeness (QED) is 0.205. The number of hydrazone groups is 1. The zero-order valence-electron chi connectivity index (χ0n) is 22.6. The molecule has 0 radical (unpaired) electrons. The van der Waals surface area contributed by atoms with Gasteiger partial charge in [-0.05, 0) is 28.9 Å². The van der Waals surface area contributed by atoms with E-state index in [4.69, 9.17) is 10.8 Å². The molecule has 9 heteroatoms. The number of rotatable bonds is 11. The van der Waals surface area contributed by atoms with Crippen molar-refractivity contribution in [1.29, 1.82) is 0 Å². The Bertz CT molecular complexity index is 1430. The number of amidine groups is 1. The lowest BCUT2D eigenvalue weighted by Gasteiger charge is -2.28. The van der Waals surface area contributed by atoms with Crippen LogP contribution in [0.25, 0.3) is 27.8 Å². The summed E-state index contributed by atoms with van der Waals surface area (Å²) in [5.41, 5.74) is 10.9. The molecule has 0 spiro atoms. The van der Waals surface area contributed by atoms with E-state index in [9.17, 15) is 10.2 Å². The standard InChI is InChI=1S/C31H36N6O3/c1-36-28(20-34-15-17-38)35-37-16-12-23(18-29(36)37)25-5-3-7-27(31(25)40)26-6-2-4-24(30(26)39)22-10-8-21(9-11-22)19-33-14-13-32/h2-12,16,18,29,33-34,38-40H,13-15,17,19-20,32H2,1H3. The number of phenolic OH excluding ortho intramolecular Hbond substituents is 2. The second-order valence-corrected chi connectivity index (χ2v) is 9.82. The Kier molecular flexibility index (Phi) is 8.47. The van der Waals surface area contributed by atoms with Crippen molar-refractivity contribution in [3.63, 3.8) is 0 Å². The van der Waals surface area contributed by atoms with E-state index in [2.05, 4.69) is 26.7 Å². The monoisotopic (exact) mass is 540 g/mol. The predicted octanol–water partition coefficient (Wildman–Crippen LogP) is 2.86. The summed E-state index contributed by atoms with van der Waals surface area (Å²) < 4.78 is 0. The molecule has 1 unspecified atom stereocenters. The van der Waals surface area contributed by atoms with Crippen molar-refractivity contribution in [2.45, 2.75) is 12.7 Å². The van der Waals surface area contributed by atoms with Gasteiger partial charge >= 0.3 is 0 Å². The number of nitrogens with one attached hydrogen (secondary N) is 2. The van der Waals surface area contributed by atoms with Crippen molar-refractivity contribution in [3.8, 4) is 33.8 Å². The summed E-state index contributed by atoms with van der Waals surface area (Å²) in [6.45, 7) is 3.20. The number of aliphatic hydroxyl groups is 1. The molecule has 208 valence electrons. The third-order valence-electron chi connectivity index (χ3n) is 7.20. The van der Waals surface area contributed by atoms with Gasteiger partial charge in [0, 0.05) is 61.7 Å². The van der Waals surface area contributed by atoms with Gasteiger partial charge in [-0.15, -0.1) is 0 Å². The van der Waals surface area contributed by atoms with Gasteiger partial charge in [-0.1, -0.05) is 60.7 Å². The first-order chi connectivity index (χ1) is 19.5. The average Bonchev–Trinajstić information content (AvgIpc) is 3.29. The number of aromatic hydroxyl groups is 2. The highest BCUT2D eigenvalue weighted by Gasteiger charge is 2.31. The number of aliphatic hydroxyl groups excluding tert-OH is 1. The summed E-state index contributed by atoms with van der Waals surface area (Å²) in [5.74, 6) is 1.08. The fraction of sp³-hybridized carbons (Fsp3) is 0.258. The van der Waals surface area contributed by atoms with Crippen LogP contribution in [0.3, 0.4) is 0 Å². The molecule has 0 saturated heterocycles. The summed E-state index contributed by atoms with van der Waals surface area (Å²) in [6.07, 6.45) is 5.76. The summed E-state index contributed by atoms with van der Waals surface area (Å²) >= 11 is 0. The Morgan fingerprint density at radius 3 is 2.20 bits per heavy atom. The zero-order chi connectivity index (χ0) is 28.1. The number of fused-ring (bicyclic) bond motifs is 1. The molecule has 5 rings (SSSR count). The number of hydrogen-bond acceptors (Lipinski definition) is 9. The topological polar surface area (TPSA) is 130 Å². The van der Waals surface area contributed by atoms with Crippen LogP contribution in [0.1, 0.15) is 11.1 Å². The van der Waals surface area contributed by atoms with Crippen molar-refractivity contribution < 1.29 is 15.3 Å². The first-order valence-corrected chi connectivity index (χ1v) is 13.5. The second-order valence-electron chi connectivity index (χ2n) is 9.82. The lowest BCUT2D eigenvalue weighted by atomic mass is 9.93. The van der Waals surface area contributed by atoms with Crippen LogP contribution in [0.15, 0.2) is 84.1 Å². The zero-order valence-corrected chi connectivity index (χ0v) is 22.6. The molecule has 0 saturated carbocycles. The van der Waals surface area contributed by atoms with Crippen molar-refractivity contribution in [2.24, 2.45) is 10.8 Å². The first kappa shape index (κ1) is 27.4. The largest absolute Gasteiger partial charge is 0.507 e. The fourth-order valence-electron chi connectivity index (χ4n) is 5.02. The smallest absolute Gasteiger partial charge is 0.143 e. The van der Waals surface area contributed by atoms with Crippen LogP contribution < -0.4 is 16.4 Å². The van der Waals surface area contributed by atoms with Crippen LogP contribution in [-0.4, -0.2) is 77.1 Å². The van der Waals surface area contributed by atoms with Crippen LogP contribution in [0.5, 0.6) is 11.5 Å². The molecule has 0 amide bonds. The fourth-order valence-corrected chi connectivity index (χ4v) is 5.02. The molecule has 2 aliphatic heterocycles. The minimum atomic E-state index is -0.126. The van der Waals surface area contributed by atoms with Gasteiger partial charge in [0.15, 0.2) is 0 Å². The lowest BCUT2D eigenvalue weighted by Crippen LogP contribution is -2.40. The summed E-state index contributed by atoms with van der Waals surface area (Å²) in [6, 6.07) is 19.2. The molecule has 0 aliphatic carbocycles. The Morgan fingerprint density at radius 1 is 0.850 bits per heavy atom. The number of nitrogens with zero attached hydrogens (tertiary/aromatic N) is 3. The van der Waals surface area contributed by atoms with Gasteiger partial charge in [-0.25, -0.2) is 5.01 Å². The van der Waals surface area contributed by atoms with Gasteiger partial charge in [0.25, 0.3) is 0 Å². The van der Waals surface area contributed by atoms with E-state index in [-0.39, 0.29) is 24.3 Å². The van der Waals surface area contributed by atoms with Gasteiger partial charge < -0.3 is 36.6 Å². The van der Waals surface area contributed by atoms with Crippen LogP contribution in [0.4, 0.5) is 0 Å². The van der Waals surface area contributed by atoms with Crippen LogP contribution >= 0.6 is 0 Å². The normalized spacial score (nSPS) is 16.2. The number of nitrogens with two attached hydrogens (primary N) is 1. The SMILES string of the molecule is CN1C(CNCCO)=NN2C=CC(c3cccc(-c4cccc(-c5ccc(CNCCN)cc5)c4O)c3O)=CC21. The van der Waals surface area contributed by atoms with Gasteiger partial charge in [0.1, 0.15) is 23.5 Å². The molecule has 0 aromatic heterocycles. The predicted molar refractivity (Wildman–Crippen MR) is 159 cm³/mol. The molecule has 3 aromatic carbocycles. The van der Waals surface area contributed by atoms with E-state index in [0.717, 1.165) is 35.6 Å². The highest BCUT2D eigenvalue weighted by Crippen LogP contribution is 2.44. The number of likely N-dealkylation sites (N-methyl/N-ethyl adjacent to an activating group) is 1. The average molecular weight is 541 g/mol. The van der Waals surface area contributed by atoms with Crippen LogP contribution in [0, 0.1) is 0 Å². The maximum atomic E-state index is 11.4. The first-order valence-electron chi connectivity index (χ1n) is 13.5. The summed E-state index contributed by atoms with van der Waals surface area (Å²) in [5, 5.41) is 44.8. The number of phenols is 2. The molecule has 2 heterocycles. The van der Waals surface area contributed by atoms with E-state index in [1.165, 1.54) is 0 Å². The molecule has 7 N–H and O–H groups in total. The Hall–Kier alpha value is -4.15. The maximum absolute atomic E-state index is 11.4. The molecule has 0 fully saturated rings. The minimum absolute atomic E-state index is 0.0712. The number of hydrogen-bond donors (Lipinski definition) is 6. The molecule has 0 bridgehead atoms. The maximum Gasteiger partial charge on any atom is 0.143 e. The van der Waals surface area contributed by atoms with E-state index >= 15 is 0 Å². The van der Waals surface area contributed by atoms with E-state index < -0.39 is 0 Å². The van der Waals surface area contributed by atoms with Crippen molar-refractivity contribution in [2.75, 3.05) is 39.8 Å². The van der Waals surface area contributed by atoms with Gasteiger partial charge in [-0.3, -0.25) is 0 Å². The molecule has 40 heavy (non-hydrogen) atoms. The molecule has 9 nitrogen and oxygen atoms in total. The highest BCUT2D eigenvalue weighted by atomic mass is 16.3. The molecular weight excluding hydrogens is 504 g/mol. The van der Waals surface area contributed by atoms with E-state index in [1.807, 2.05) is 85.0 Å². The van der Waals surface area contributed by atoms with Crippen molar-refractivity contribution in [3.05, 3.63) is 90.1 Å².